The molecule has 0 bridgehead atoms. The number of rotatable bonds is 6. The van der Waals surface area contributed by atoms with Gasteiger partial charge < -0.3 is 5.32 Å². The minimum Gasteiger partial charge on any atom is -0.360 e. The second-order valence-corrected chi connectivity index (χ2v) is 5.89. The maximum absolute atomic E-state index is 4.49. The molecule has 0 spiro atoms. The molecule has 0 amide bonds. The van der Waals surface area contributed by atoms with Gasteiger partial charge in [0, 0.05) is 24.5 Å². The Kier molecular flexibility index (Phi) is 3.47. The Morgan fingerprint density at radius 3 is 2.75 bits per heavy atom. The Labute approximate surface area is 102 Å². The molecule has 1 fully saturated rings. The van der Waals surface area contributed by atoms with Gasteiger partial charge in [-0.25, -0.2) is 4.98 Å². The molecule has 0 atom stereocenters. The number of anilines is 1. The molecule has 0 unspecified atom stereocenters. The van der Waals surface area contributed by atoms with E-state index in [2.05, 4.69) is 35.4 Å². The summed E-state index contributed by atoms with van der Waals surface area (Å²) in [5.41, 5.74) is 0.538. The third kappa shape index (κ3) is 2.54. The lowest BCUT2D eigenvalue weighted by Gasteiger charge is -2.19. The fourth-order valence-corrected chi connectivity index (χ4v) is 2.63. The van der Waals surface area contributed by atoms with Crippen molar-refractivity contribution in [1.82, 2.24) is 9.36 Å². The summed E-state index contributed by atoms with van der Waals surface area (Å²) in [4.78, 5) is 4.49. The molecule has 2 rings (SSSR count). The normalized spacial score (nSPS) is 17.8. The Bertz CT molecular complexity index is 342. The Hall–Kier alpha value is -0.640. The summed E-state index contributed by atoms with van der Waals surface area (Å²) in [5.74, 6) is 1.76. The van der Waals surface area contributed by atoms with Gasteiger partial charge in [-0.2, -0.15) is 4.37 Å². The molecular formula is C12H21N3S. The van der Waals surface area contributed by atoms with Crippen LogP contribution in [0, 0.1) is 11.3 Å². The molecule has 1 N–H and O–H groups in total. The van der Waals surface area contributed by atoms with Crippen LogP contribution in [0.2, 0.25) is 0 Å². The zero-order valence-corrected chi connectivity index (χ0v) is 11.2. The first-order chi connectivity index (χ1) is 7.66. The summed E-state index contributed by atoms with van der Waals surface area (Å²) in [5, 5.41) is 4.45. The van der Waals surface area contributed by atoms with E-state index in [0.717, 1.165) is 36.3 Å². The third-order valence-corrected chi connectivity index (χ3v) is 4.36. The predicted octanol–water partition coefficient (Wildman–Crippen LogP) is 3.34. The van der Waals surface area contributed by atoms with Crippen molar-refractivity contribution < 1.29 is 0 Å². The molecule has 0 aliphatic heterocycles. The van der Waals surface area contributed by atoms with Gasteiger partial charge in [0.25, 0.3) is 0 Å². The molecule has 1 aromatic heterocycles. The van der Waals surface area contributed by atoms with Crippen LogP contribution in [0.15, 0.2) is 0 Å². The van der Waals surface area contributed by atoms with E-state index in [9.17, 15) is 0 Å². The quantitative estimate of drug-likeness (QED) is 0.827. The van der Waals surface area contributed by atoms with Crippen molar-refractivity contribution in [3.8, 4) is 0 Å². The molecule has 90 valence electrons. The third-order valence-electron chi connectivity index (χ3n) is 3.65. The van der Waals surface area contributed by atoms with E-state index >= 15 is 0 Å². The fourth-order valence-electron chi connectivity index (χ4n) is 2.02. The van der Waals surface area contributed by atoms with Gasteiger partial charge in [0.15, 0.2) is 0 Å². The SMILES string of the molecule is CCCc1nsc(NCC2(C(C)C)CC2)n1. The van der Waals surface area contributed by atoms with E-state index < -0.39 is 0 Å². The van der Waals surface area contributed by atoms with Crippen LogP contribution in [0.3, 0.4) is 0 Å². The van der Waals surface area contributed by atoms with Gasteiger partial charge in [-0.3, -0.25) is 0 Å². The van der Waals surface area contributed by atoms with Crippen molar-refractivity contribution in [2.24, 2.45) is 11.3 Å². The van der Waals surface area contributed by atoms with Gasteiger partial charge in [0.2, 0.25) is 5.13 Å². The first kappa shape index (κ1) is 11.8. The highest BCUT2D eigenvalue weighted by molar-refractivity contribution is 7.09. The van der Waals surface area contributed by atoms with E-state index in [1.165, 1.54) is 24.4 Å². The molecule has 16 heavy (non-hydrogen) atoms. The average molecular weight is 239 g/mol. The summed E-state index contributed by atoms with van der Waals surface area (Å²) in [6, 6.07) is 0. The van der Waals surface area contributed by atoms with Crippen molar-refractivity contribution in [1.29, 1.82) is 0 Å². The van der Waals surface area contributed by atoms with Gasteiger partial charge in [-0.15, -0.1) is 0 Å². The summed E-state index contributed by atoms with van der Waals surface area (Å²) < 4.78 is 4.34. The summed E-state index contributed by atoms with van der Waals surface area (Å²) in [7, 11) is 0. The van der Waals surface area contributed by atoms with Crippen molar-refractivity contribution in [3.63, 3.8) is 0 Å². The van der Waals surface area contributed by atoms with Gasteiger partial charge in [0.05, 0.1) is 0 Å². The molecule has 4 heteroatoms. The van der Waals surface area contributed by atoms with Crippen LogP contribution in [0.25, 0.3) is 0 Å². The van der Waals surface area contributed by atoms with E-state index in [-0.39, 0.29) is 0 Å². The maximum Gasteiger partial charge on any atom is 0.202 e. The lowest BCUT2D eigenvalue weighted by atomic mass is 9.92. The van der Waals surface area contributed by atoms with E-state index in [0.29, 0.717) is 5.41 Å². The monoisotopic (exact) mass is 239 g/mol. The van der Waals surface area contributed by atoms with E-state index in [1.807, 2.05) is 0 Å². The summed E-state index contributed by atoms with van der Waals surface area (Å²) in [6.45, 7) is 7.85. The lowest BCUT2D eigenvalue weighted by Crippen LogP contribution is -2.20. The molecule has 0 radical (unpaired) electrons. The van der Waals surface area contributed by atoms with Crippen LogP contribution >= 0.6 is 11.5 Å². The molecule has 0 aromatic carbocycles. The Morgan fingerprint density at radius 1 is 1.44 bits per heavy atom. The number of aryl methyl sites for hydroxylation is 1. The Morgan fingerprint density at radius 2 is 2.19 bits per heavy atom. The van der Waals surface area contributed by atoms with Crippen molar-refractivity contribution >= 4 is 16.7 Å². The number of aromatic nitrogens is 2. The van der Waals surface area contributed by atoms with E-state index in [4.69, 9.17) is 0 Å². The van der Waals surface area contributed by atoms with Crippen LogP contribution in [-0.4, -0.2) is 15.9 Å². The number of nitrogens with one attached hydrogen (secondary N) is 1. The van der Waals surface area contributed by atoms with E-state index in [1.54, 1.807) is 0 Å². The smallest absolute Gasteiger partial charge is 0.202 e. The molecule has 1 heterocycles. The topological polar surface area (TPSA) is 37.8 Å². The van der Waals surface area contributed by atoms with Gasteiger partial charge >= 0.3 is 0 Å². The molecule has 1 aromatic rings. The molecule has 3 nitrogen and oxygen atoms in total. The minimum absolute atomic E-state index is 0.538. The van der Waals surface area contributed by atoms with Gasteiger partial charge in [-0.05, 0) is 30.6 Å². The minimum atomic E-state index is 0.538. The zero-order valence-electron chi connectivity index (χ0n) is 10.4. The predicted molar refractivity (Wildman–Crippen MR) is 68.9 cm³/mol. The summed E-state index contributed by atoms with van der Waals surface area (Å²) >= 11 is 1.50. The highest BCUT2D eigenvalue weighted by Crippen LogP contribution is 2.51. The van der Waals surface area contributed by atoms with Crippen LogP contribution < -0.4 is 5.32 Å². The number of hydrogen-bond donors (Lipinski definition) is 1. The molecule has 1 saturated carbocycles. The van der Waals surface area contributed by atoms with Crippen LogP contribution in [0.1, 0.15) is 45.9 Å². The second-order valence-electron chi connectivity index (χ2n) is 5.14. The van der Waals surface area contributed by atoms with Gasteiger partial charge in [0.1, 0.15) is 5.82 Å². The standard InChI is InChI=1S/C12H21N3S/c1-4-5-10-14-11(16-15-10)13-8-12(6-7-12)9(2)3/h9H,4-8H2,1-3H3,(H,13,14,15). The highest BCUT2D eigenvalue weighted by atomic mass is 32.1. The first-order valence-electron chi connectivity index (χ1n) is 6.23. The fraction of sp³-hybridized carbons (Fsp3) is 0.833. The van der Waals surface area contributed by atoms with Crippen LogP contribution in [0.4, 0.5) is 5.13 Å². The number of nitrogens with zero attached hydrogens (tertiary/aromatic N) is 2. The Balaban J connectivity index is 1.85. The summed E-state index contributed by atoms with van der Waals surface area (Å²) in [6.07, 6.45) is 4.83. The number of hydrogen-bond acceptors (Lipinski definition) is 4. The molecular weight excluding hydrogens is 218 g/mol. The van der Waals surface area contributed by atoms with Crippen molar-refractivity contribution in [2.75, 3.05) is 11.9 Å². The molecule has 0 saturated heterocycles. The van der Waals surface area contributed by atoms with Crippen molar-refractivity contribution in [3.05, 3.63) is 5.82 Å². The van der Waals surface area contributed by atoms with Crippen LogP contribution in [-0.2, 0) is 6.42 Å². The second kappa shape index (κ2) is 4.70. The average Bonchev–Trinajstić information content (AvgIpc) is 2.92. The first-order valence-corrected chi connectivity index (χ1v) is 7.00. The van der Waals surface area contributed by atoms with Crippen LogP contribution in [0.5, 0.6) is 0 Å². The highest BCUT2D eigenvalue weighted by Gasteiger charge is 2.45. The lowest BCUT2D eigenvalue weighted by molar-refractivity contribution is 0.380. The zero-order chi connectivity index (χ0) is 11.6. The largest absolute Gasteiger partial charge is 0.360 e. The molecule has 1 aliphatic carbocycles. The molecule has 1 aliphatic rings. The maximum atomic E-state index is 4.49. The van der Waals surface area contributed by atoms with Crippen molar-refractivity contribution in [2.45, 2.75) is 46.5 Å². The van der Waals surface area contributed by atoms with Gasteiger partial charge in [-0.1, -0.05) is 20.8 Å².